The summed E-state index contributed by atoms with van der Waals surface area (Å²) in [5.41, 5.74) is 3.21. The van der Waals surface area contributed by atoms with Gasteiger partial charge in [-0.25, -0.2) is 0 Å². The van der Waals surface area contributed by atoms with Crippen LogP contribution in [0.5, 0.6) is 0 Å². The third kappa shape index (κ3) is 5.95. The fraction of sp³-hybridized carbons (Fsp3) is 0.364. The number of aliphatic imine (C=N–C) groups is 1. The lowest BCUT2D eigenvalue weighted by Crippen LogP contribution is -2.39. The Morgan fingerprint density at radius 2 is 1.82 bits per heavy atom. The van der Waals surface area contributed by atoms with Crippen LogP contribution in [0.3, 0.4) is 0 Å². The van der Waals surface area contributed by atoms with E-state index >= 15 is 0 Å². The highest BCUT2D eigenvalue weighted by atomic mass is 127. The van der Waals surface area contributed by atoms with Crippen LogP contribution in [-0.2, 0) is 13.0 Å². The molecule has 1 atom stereocenters. The highest BCUT2D eigenvalue weighted by Crippen LogP contribution is 2.21. The zero-order chi connectivity index (χ0) is 19.1. The number of hydrogen-bond donors (Lipinski definition) is 2. The molecule has 0 spiro atoms. The van der Waals surface area contributed by atoms with Gasteiger partial charge in [-0.15, -0.1) is 24.0 Å². The van der Waals surface area contributed by atoms with Crippen LogP contribution in [-0.4, -0.2) is 44.0 Å². The van der Waals surface area contributed by atoms with Crippen molar-refractivity contribution in [2.45, 2.75) is 19.4 Å². The smallest absolute Gasteiger partial charge is 0.251 e. The molecule has 1 heterocycles. The molecule has 3 rings (SSSR count). The molecule has 0 radical (unpaired) electrons. The number of benzene rings is 2. The molecular weight excluding hydrogens is 463 g/mol. The SMILES string of the molecule is CN=C(NCc1ccc(C(=O)NC)cc1)N1CCC(Cc2ccccc2)C1.I. The van der Waals surface area contributed by atoms with E-state index in [1.165, 1.54) is 12.0 Å². The molecule has 2 aromatic rings. The molecule has 2 aromatic carbocycles. The first-order chi connectivity index (χ1) is 13.2. The molecule has 0 saturated carbocycles. The normalized spacial score (nSPS) is 16.4. The Morgan fingerprint density at radius 1 is 1.11 bits per heavy atom. The van der Waals surface area contributed by atoms with Crippen LogP contribution in [0.25, 0.3) is 0 Å². The van der Waals surface area contributed by atoms with Crippen molar-refractivity contribution in [3.63, 3.8) is 0 Å². The molecule has 1 amide bonds. The van der Waals surface area contributed by atoms with Crippen LogP contribution < -0.4 is 10.6 Å². The number of likely N-dealkylation sites (tertiary alicyclic amines) is 1. The lowest BCUT2D eigenvalue weighted by molar-refractivity contribution is 0.0963. The van der Waals surface area contributed by atoms with Gasteiger partial charge in [0.2, 0.25) is 0 Å². The highest BCUT2D eigenvalue weighted by Gasteiger charge is 2.24. The van der Waals surface area contributed by atoms with Gasteiger partial charge in [0, 0.05) is 39.3 Å². The Morgan fingerprint density at radius 3 is 2.46 bits per heavy atom. The third-order valence-electron chi connectivity index (χ3n) is 5.06. The molecule has 150 valence electrons. The van der Waals surface area contributed by atoms with E-state index in [2.05, 4.69) is 50.9 Å². The summed E-state index contributed by atoms with van der Waals surface area (Å²) >= 11 is 0. The largest absolute Gasteiger partial charge is 0.355 e. The van der Waals surface area contributed by atoms with Crippen molar-refractivity contribution in [2.75, 3.05) is 27.2 Å². The second-order valence-electron chi connectivity index (χ2n) is 6.97. The number of hydrogen-bond acceptors (Lipinski definition) is 2. The average molecular weight is 492 g/mol. The number of carbonyl (C=O) groups is 1. The van der Waals surface area contributed by atoms with Crippen molar-refractivity contribution in [1.29, 1.82) is 0 Å². The van der Waals surface area contributed by atoms with Crippen LogP contribution >= 0.6 is 24.0 Å². The lowest BCUT2D eigenvalue weighted by atomic mass is 9.99. The maximum atomic E-state index is 11.6. The molecule has 5 nitrogen and oxygen atoms in total. The zero-order valence-electron chi connectivity index (χ0n) is 16.5. The molecule has 1 aliphatic heterocycles. The van der Waals surface area contributed by atoms with Crippen LogP contribution in [0.1, 0.15) is 27.9 Å². The maximum Gasteiger partial charge on any atom is 0.251 e. The standard InChI is InChI=1S/C22H28N4O.HI/c1-23-21(27)20-10-8-18(9-11-20)15-25-22(24-2)26-13-12-19(16-26)14-17-6-4-3-5-7-17;/h3-11,19H,12-16H2,1-2H3,(H,23,27)(H,24,25);1H. The summed E-state index contributed by atoms with van der Waals surface area (Å²) < 4.78 is 0. The van der Waals surface area contributed by atoms with Crippen molar-refractivity contribution < 1.29 is 4.79 Å². The molecule has 6 heteroatoms. The number of amides is 1. The quantitative estimate of drug-likeness (QED) is 0.383. The fourth-order valence-corrected chi connectivity index (χ4v) is 3.57. The molecule has 0 aliphatic carbocycles. The minimum atomic E-state index is -0.0631. The van der Waals surface area contributed by atoms with E-state index < -0.39 is 0 Å². The van der Waals surface area contributed by atoms with Gasteiger partial charge in [-0.05, 0) is 42.0 Å². The molecule has 1 aliphatic rings. The molecule has 2 N–H and O–H groups in total. The summed E-state index contributed by atoms with van der Waals surface area (Å²) in [5, 5.41) is 6.09. The molecular formula is C22H29IN4O. The average Bonchev–Trinajstić information content (AvgIpc) is 3.17. The molecule has 28 heavy (non-hydrogen) atoms. The number of nitrogens with zero attached hydrogens (tertiary/aromatic N) is 2. The fourth-order valence-electron chi connectivity index (χ4n) is 3.57. The Labute approximate surface area is 184 Å². The highest BCUT2D eigenvalue weighted by molar-refractivity contribution is 14.0. The van der Waals surface area contributed by atoms with E-state index in [1.54, 1.807) is 7.05 Å². The molecule has 1 unspecified atom stereocenters. The van der Waals surface area contributed by atoms with Crippen molar-refractivity contribution in [2.24, 2.45) is 10.9 Å². The van der Waals surface area contributed by atoms with E-state index in [1.807, 2.05) is 31.3 Å². The number of halogens is 1. The molecule has 0 bridgehead atoms. The van der Waals surface area contributed by atoms with E-state index in [-0.39, 0.29) is 29.9 Å². The number of carbonyl (C=O) groups excluding carboxylic acids is 1. The second-order valence-corrected chi connectivity index (χ2v) is 6.97. The summed E-state index contributed by atoms with van der Waals surface area (Å²) in [7, 11) is 3.48. The summed E-state index contributed by atoms with van der Waals surface area (Å²) in [5.74, 6) is 1.55. The molecule has 0 aromatic heterocycles. The van der Waals surface area contributed by atoms with Gasteiger partial charge in [0.1, 0.15) is 0 Å². The molecule has 1 saturated heterocycles. The van der Waals surface area contributed by atoms with Crippen LogP contribution in [0.4, 0.5) is 0 Å². The van der Waals surface area contributed by atoms with Gasteiger partial charge >= 0.3 is 0 Å². The summed E-state index contributed by atoms with van der Waals surface area (Å²) in [6.45, 7) is 2.76. The minimum Gasteiger partial charge on any atom is -0.355 e. The Bertz CT molecular complexity index is 777. The maximum absolute atomic E-state index is 11.6. The predicted molar refractivity (Wildman–Crippen MR) is 125 cm³/mol. The van der Waals surface area contributed by atoms with Crippen molar-refractivity contribution in [3.8, 4) is 0 Å². The van der Waals surface area contributed by atoms with E-state index in [4.69, 9.17) is 0 Å². The van der Waals surface area contributed by atoms with Gasteiger partial charge in [-0.1, -0.05) is 42.5 Å². The monoisotopic (exact) mass is 492 g/mol. The first-order valence-electron chi connectivity index (χ1n) is 9.50. The minimum absolute atomic E-state index is 0. The van der Waals surface area contributed by atoms with Crippen molar-refractivity contribution in [3.05, 3.63) is 71.3 Å². The zero-order valence-corrected chi connectivity index (χ0v) is 18.9. The van der Waals surface area contributed by atoms with Gasteiger partial charge in [0.25, 0.3) is 5.91 Å². The summed E-state index contributed by atoms with van der Waals surface area (Å²) in [6.07, 6.45) is 2.31. The first-order valence-corrected chi connectivity index (χ1v) is 9.50. The second kappa shape index (κ2) is 11.0. The number of rotatable bonds is 5. The summed E-state index contributed by atoms with van der Waals surface area (Å²) in [6, 6.07) is 18.4. The number of guanidine groups is 1. The number of nitrogens with one attached hydrogen (secondary N) is 2. The Kier molecular flexibility index (Phi) is 8.76. The van der Waals surface area contributed by atoms with Crippen molar-refractivity contribution >= 4 is 35.8 Å². The predicted octanol–water partition coefficient (Wildman–Crippen LogP) is 3.30. The van der Waals surface area contributed by atoms with E-state index in [0.717, 1.165) is 31.0 Å². The first kappa shape index (κ1) is 22.2. The van der Waals surface area contributed by atoms with Crippen LogP contribution in [0.15, 0.2) is 59.6 Å². The summed E-state index contributed by atoms with van der Waals surface area (Å²) in [4.78, 5) is 18.4. The third-order valence-corrected chi connectivity index (χ3v) is 5.06. The van der Waals surface area contributed by atoms with Crippen LogP contribution in [0, 0.1) is 5.92 Å². The molecule has 1 fully saturated rings. The van der Waals surface area contributed by atoms with Gasteiger partial charge in [0.05, 0.1) is 0 Å². The Balaban J connectivity index is 0.00000280. The topological polar surface area (TPSA) is 56.7 Å². The van der Waals surface area contributed by atoms with Gasteiger partial charge in [-0.3, -0.25) is 9.79 Å². The van der Waals surface area contributed by atoms with Gasteiger partial charge < -0.3 is 15.5 Å². The van der Waals surface area contributed by atoms with Crippen LogP contribution in [0.2, 0.25) is 0 Å². The van der Waals surface area contributed by atoms with Crippen molar-refractivity contribution in [1.82, 2.24) is 15.5 Å². The van der Waals surface area contributed by atoms with Gasteiger partial charge in [0.15, 0.2) is 5.96 Å². The van der Waals surface area contributed by atoms with E-state index in [9.17, 15) is 4.79 Å². The van der Waals surface area contributed by atoms with Gasteiger partial charge in [-0.2, -0.15) is 0 Å². The lowest BCUT2D eigenvalue weighted by Gasteiger charge is -2.22. The Hall–Kier alpha value is -2.09. The van der Waals surface area contributed by atoms with E-state index in [0.29, 0.717) is 18.0 Å².